The van der Waals surface area contributed by atoms with Gasteiger partial charge in [-0.1, -0.05) is 48.5 Å². The number of ether oxygens (including phenoxy) is 2. The van der Waals surface area contributed by atoms with Gasteiger partial charge in [0.05, 0.1) is 5.56 Å². The second kappa shape index (κ2) is 8.68. The molecule has 0 spiro atoms. The summed E-state index contributed by atoms with van der Waals surface area (Å²) < 4.78 is 24.5. The van der Waals surface area contributed by atoms with E-state index in [0.29, 0.717) is 0 Å². The molecule has 0 atom stereocenters. The molecule has 3 rings (SSSR count). The predicted molar refractivity (Wildman–Crippen MR) is 100 cm³/mol. The van der Waals surface area contributed by atoms with Crippen LogP contribution in [0.4, 0.5) is 14.9 Å². The number of carbonyl (C=O) groups excluding carboxylic acids is 1. The Balaban J connectivity index is 1.82. The standard InChI is InChI=1S/C21H16FNO5/c22-16-10-4-5-11-17(16)28-18-12-6-9-15(20(24)25)19(18)23-21(26)27-13-14-7-2-1-3-8-14/h1-12H,13H2,(H,23,26)(H,24,25). The van der Waals surface area contributed by atoms with E-state index in [0.717, 1.165) is 5.56 Å². The van der Waals surface area contributed by atoms with Crippen LogP contribution < -0.4 is 10.1 Å². The first-order valence-electron chi connectivity index (χ1n) is 8.31. The van der Waals surface area contributed by atoms with Crippen molar-refractivity contribution in [2.45, 2.75) is 6.61 Å². The van der Waals surface area contributed by atoms with Gasteiger partial charge in [-0.2, -0.15) is 0 Å². The summed E-state index contributed by atoms with van der Waals surface area (Å²) in [6, 6.07) is 18.8. The van der Waals surface area contributed by atoms with Crippen molar-refractivity contribution >= 4 is 17.7 Å². The van der Waals surface area contributed by atoms with Gasteiger partial charge in [-0.3, -0.25) is 5.32 Å². The first kappa shape index (κ1) is 18.9. The maximum absolute atomic E-state index is 13.9. The van der Waals surface area contributed by atoms with Gasteiger partial charge >= 0.3 is 12.1 Å². The lowest BCUT2D eigenvalue weighted by atomic mass is 10.1. The van der Waals surface area contributed by atoms with Crippen LogP contribution in [0.15, 0.2) is 72.8 Å². The third-order valence-electron chi connectivity index (χ3n) is 3.75. The zero-order valence-electron chi connectivity index (χ0n) is 14.6. The zero-order chi connectivity index (χ0) is 19.9. The number of nitrogens with one attached hydrogen (secondary N) is 1. The number of hydrogen-bond donors (Lipinski definition) is 2. The first-order valence-corrected chi connectivity index (χ1v) is 8.31. The van der Waals surface area contributed by atoms with Crippen molar-refractivity contribution in [3.63, 3.8) is 0 Å². The second-order valence-corrected chi connectivity index (χ2v) is 5.70. The van der Waals surface area contributed by atoms with E-state index in [9.17, 15) is 19.1 Å². The normalized spacial score (nSPS) is 10.2. The lowest BCUT2D eigenvalue weighted by Gasteiger charge is -2.15. The van der Waals surface area contributed by atoms with Gasteiger partial charge in [-0.05, 0) is 29.8 Å². The Morgan fingerprint density at radius 2 is 1.57 bits per heavy atom. The summed E-state index contributed by atoms with van der Waals surface area (Å²) in [7, 11) is 0. The van der Waals surface area contributed by atoms with Crippen molar-refractivity contribution in [1.29, 1.82) is 0 Å². The summed E-state index contributed by atoms with van der Waals surface area (Å²) in [5, 5.41) is 11.8. The number of benzene rings is 3. The summed E-state index contributed by atoms with van der Waals surface area (Å²) in [5.74, 6) is -2.04. The van der Waals surface area contributed by atoms with E-state index in [4.69, 9.17) is 9.47 Å². The SMILES string of the molecule is O=C(Nc1c(Oc2ccccc2F)cccc1C(=O)O)OCc1ccccc1. The average Bonchev–Trinajstić information content (AvgIpc) is 2.70. The van der Waals surface area contributed by atoms with Gasteiger partial charge in [0.1, 0.15) is 12.3 Å². The van der Waals surface area contributed by atoms with Crippen molar-refractivity contribution in [2.75, 3.05) is 5.32 Å². The fourth-order valence-corrected chi connectivity index (χ4v) is 2.43. The minimum atomic E-state index is -1.28. The van der Waals surface area contributed by atoms with Gasteiger partial charge in [0, 0.05) is 0 Å². The molecule has 142 valence electrons. The van der Waals surface area contributed by atoms with Crippen LogP contribution in [0.3, 0.4) is 0 Å². The summed E-state index contributed by atoms with van der Waals surface area (Å²) in [4.78, 5) is 23.7. The van der Waals surface area contributed by atoms with Gasteiger partial charge in [-0.25, -0.2) is 14.0 Å². The third kappa shape index (κ3) is 4.64. The molecule has 28 heavy (non-hydrogen) atoms. The average molecular weight is 381 g/mol. The Morgan fingerprint density at radius 3 is 2.29 bits per heavy atom. The van der Waals surface area contributed by atoms with Crippen molar-refractivity contribution in [3.05, 3.63) is 89.7 Å². The van der Waals surface area contributed by atoms with E-state index in [1.807, 2.05) is 6.07 Å². The quantitative estimate of drug-likeness (QED) is 0.623. The summed E-state index contributed by atoms with van der Waals surface area (Å²) in [6.07, 6.45) is -0.865. The molecule has 7 heteroatoms. The highest BCUT2D eigenvalue weighted by Crippen LogP contribution is 2.33. The van der Waals surface area contributed by atoms with Crippen LogP contribution in [-0.4, -0.2) is 17.2 Å². The molecule has 3 aromatic carbocycles. The number of hydrogen-bond acceptors (Lipinski definition) is 4. The molecule has 0 saturated carbocycles. The highest BCUT2D eigenvalue weighted by atomic mass is 19.1. The third-order valence-corrected chi connectivity index (χ3v) is 3.75. The van der Waals surface area contributed by atoms with Crippen LogP contribution in [0.1, 0.15) is 15.9 Å². The highest BCUT2D eigenvalue weighted by molar-refractivity contribution is 6.00. The van der Waals surface area contributed by atoms with Gasteiger partial charge < -0.3 is 14.6 Å². The first-order chi connectivity index (χ1) is 13.5. The summed E-state index contributed by atoms with van der Waals surface area (Å²) in [6.45, 7) is 0.00537. The molecular formula is C21H16FNO5. The minimum Gasteiger partial charge on any atom is -0.478 e. The van der Waals surface area contributed by atoms with Gasteiger partial charge in [-0.15, -0.1) is 0 Å². The molecule has 6 nitrogen and oxygen atoms in total. The number of rotatable bonds is 6. The molecule has 0 heterocycles. The van der Waals surface area contributed by atoms with E-state index in [1.54, 1.807) is 30.3 Å². The Bertz CT molecular complexity index is 991. The number of carboxylic acids is 1. The van der Waals surface area contributed by atoms with E-state index in [1.165, 1.54) is 36.4 Å². The van der Waals surface area contributed by atoms with Crippen molar-refractivity contribution < 1.29 is 28.6 Å². The smallest absolute Gasteiger partial charge is 0.412 e. The Hall–Kier alpha value is -3.87. The van der Waals surface area contributed by atoms with Crippen LogP contribution in [0, 0.1) is 5.82 Å². The van der Waals surface area contributed by atoms with Crippen molar-refractivity contribution in [1.82, 2.24) is 0 Å². The molecule has 0 aliphatic rings. The topological polar surface area (TPSA) is 84.9 Å². The van der Waals surface area contributed by atoms with Crippen molar-refractivity contribution in [3.8, 4) is 11.5 Å². The molecule has 0 unspecified atom stereocenters. The molecule has 2 N–H and O–H groups in total. The molecule has 0 fully saturated rings. The molecule has 0 radical (unpaired) electrons. The minimum absolute atomic E-state index is 0.00537. The largest absolute Gasteiger partial charge is 0.478 e. The van der Waals surface area contributed by atoms with Crippen LogP contribution in [-0.2, 0) is 11.3 Å². The van der Waals surface area contributed by atoms with Crippen LogP contribution in [0.5, 0.6) is 11.5 Å². The molecule has 1 amide bonds. The van der Waals surface area contributed by atoms with Crippen LogP contribution in [0.25, 0.3) is 0 Å². The molecule has 0 saturated heterocycles. The number of halogens is 1. The molecular weight excluding hydrogens is 365 g/mol. The van der Waals surface area contributed by atoms with Crippen molar-refractivity contribution in [2.24, 2.45) is 0 Å². The Kier molecular flexibility index (Phi) is 5.86. The van der Waals surface area contributed by atoms with Gasteiger partial charge in [0.25, 0.3) is 0 Å². The van der Waals surface area contributed by atoms with E-state index < -0.39 is 17.9 Å². The number of aromatic carboxylic acids is 1. The number of carbonyl (C=O) groups is 2. The maximum atomic E-state index is 13.9. The summed E-state index contributed by atoms with van der Waals surface area (Å²) >= 11 is 0. The molecule has 0 aliphatic carbocycles. The molecule has 0 aliphatic heterocycles. The van der Waals surface area contributed by atoms with Crippen LogP contribution in [0.2, 0.25) is 0 Å². The monoisotopic (exact) mass is 381 g/mol. The lowest BCUT2D eigenvalue weighted by Crippen LogP contribution is -2.16. The zero-order valence-corrected chi connectivity index (χ0v) is 14.6. The predicted octanol–water partition coefficient (Wildman–Crippen LogP) is 5.06. The fraction of sp³-hybridized carbons (Fsp3) is 0.0476. The second-order valence-electron chi connectivity index (χ2n) is 5.70. The van der Waals surface area contributed by atoms with Gasteiger partial charge in [0.15, 0.2) is 17.3 Å². The fourth-order valence-electron chi connectivity index (χ4n) is 2.43. The molecule has 3 aromatic rings. The van der Waals surface area contributed by atoms with E-state index in [2.05, 4.69) is 5.32 Å². The highest BCUT2D eigenvalue weighted by Gasteiger charge is 2.19. The number of anilines is 1. The lowest BCUT2D eigenvalue weighted by molar-refractivity contribution is 0.0697. The van der Waals surface area contributed by atoms with E-state index in [-0.39, 0.29) is 29.4 Å². The molecule has 0 bridgehead atoms. The maximum Gasteiger partial charge on any atom is 0.412 e. The number of carboxylic acid groups (broad SMARTS) is 1. The van der Waals surface area contributed by atoms with Gasteiger partial charge in [0.2, 0.25) is 0 Å². The van der Waals surface area contributed by atoms with Crippen LogP contribution >= 0.6 is 0 Å². The molecule has 0 aromatic heterocycles. The van der Waals surface area contributed by atoms with E-state index >= 15 is 0 Å². The number of para-hydroxylation sites is 2. The summed E-state index contributed by atoms with van der Waals surface area (Å²) in [5.41, 5.74) is 0.425. The number of amides is 1. The Morgan fingerprint density at radius 1 is 0.893 bits per heavy atom. The Labute approximate surface area is 160 Å².